The lowest BCUT2D eigenvalue weighted by Gasteiger charge is -2.25. The third-order valence-corrected chi connectivity index (χ3v) is 5.68. The van der Waals surface area contributed by atoms with Gasteiger partial charge in [-0.1, -0.05) is 54.6 Å². The van der Waals surface area contributed by atoms with Crippen LogP contribution in [0.1, 0.15) is 21.5 Å². The van der Waals surface area contributed by atoms with Crippen molar-refractivity contribution in [2.24, 2.45) is 5.73 Å². The first-order valence-corrected chi connectivity index (χ1v) is 9.99. The molecule has 5 nitrogen and oxygen atoms in total. The predicted molar refractivity (Wildman–Crippen MR) is 121 cm³/mol. The van der Waals surface area contributed by atoms with Crippen molar-refractivity contribution in [1.29, 1.82) is 0 Å². The molecule has 1 aliphatic carbocycles. The van der Waals surface area contributed by atoms with Crippen LogP contribution in [-0.2, 0) is 0 Å². The highest BCUT2D eigenvalue weighted by Gasteiger charge is 2.31. The first-order chi connectivity index (χ1) is 14.6. The highest BCUT2D eigenvalue weighted by molar-refractivity contribution is 6.29. The van der Waals surface area contributed by atoms with Gasteiger partial charge in [0.1, 0.15) is 0 Å². The summed E-state index contributed by atoms with van der Waals surface area (Å²) in [6, 6.07) is 19.0. The number of ketones is 1. The molecule has 0 aliphatic heterocycles. The van der Waals surface area contributed by atoms with Gasteiger partial charge in [0, 0.05) is 35.3 Å². The van der Waals surface area contributed by atoms with E-state index in [1.807, 2.05) is 67.6 Å². The summed E-state index contributed by atoms with van der Waals surface area (Å²) in [5.74, 6) is -0.0475. The Morgan fingerprint density at radius 1 is 0.900 bits per heavy atom. The molecule has 3 aromatic carbocycles. The largest absolute Gasteiger partial charge is 0.383 e. The molecule has 4 N–H and O–H groups in total. The van der Waals surface area contributed by atoms with Crippen LogP contribution < -0.4 is 16.6 Å². The SMILES string of the molecule is Cc1cc(NCCN)c2c3c(c(-c4ccccc4)c(=O)[nH]c13)-c1ccccc1C2=O. The fraction of sp³-hybridized carbons (Fsp3) is 0.120. The average Bonchev–Trinajstić information content (AvgIpc) is 2.77. The zero-order valence-electron chi connectivity index (χ0n) is 16.6. The Kier molecular flexibility index (Phi) is 4.26. The molecule has 0 atom stereocenters. The number of pyridine rings is 1. The number of nitrogens with two attached hydrogens (primary N) is 1. The van der Waals surface area contributed by atoms with E-state index in [2.05, 4.69) is 10.3 Å². The number of rotatable bonds is 4. The van der Waals surface area contributed by atoms with E-state index in [-0.39, 0.29) is 11.3 Å². The second kappa shape index (κ2) is 6.97. The molecule has 0 bridgehead atoms. The number of aromatic amines is 1. The molecule has 5 heteroatoms. The van der Waals surface area contributed by atoms with E-state index in [1.54, 1.807) is 0 Å². The number of nitrogens with one attached hydrogen (secondary N) is 2. The van der Waals surface area contributed by atoms with Crippen molar-refractivity contribution in [2.45, 2.75) is 6.92 Å². The van der Waals surface area contributed by atoms with Crippen molar-refractivity contribution >= 4 is 22.4 Å². The monoisotopic (exact) mass is 395 g/mol. The quantitative estimate of drug-likeness (QED) is 0.428. The van der Waals surface area contributed by atoms with E-state index < -0.39 is 0 Å². The Labute approximate surface area is 173 Å². The number of anilines is 1. The van der Waals surface area contributed by atoms with Gasteiger partial charge in [-0.2, -0.15) is 0 Å². The summed E-state index contributed by atoms with van der Waals surface area (Å²) in [5.41, 5.74) is 12.1. The number of hydrogen-bond donors (Lipinski definition) is 3. The van der Waals surface area contributed by atoms with Gasteiger partial charge in [-0.3, -0.25) is 9.59 Å². The molecule has 0 unspecified atom stereocenters. The zero-order chi connectivity index (χ0) is 20.8. The van der Waals surface area contributed by atoms with E-state index in [9.17, 15) is 9.59 Å². The maximum Gasteiger partial charge on any atom is 0.256 e. The van der Waals surface area contributed by atoms with Gasteiger partial charge in [0.15, 0.2) is 5.78 Å². The third kappa shape index (κ3) is 2.60. The summed E-state index contributed by atoms with van der Waals surface area (Å²) >= 11 is 0. The third-order valence-electron chi connectivity index (χ3n) is 5.68. The molecule has 0 spiro atoms. The van der Waals surface area contributed by atoms with Crippen LogP contribution in [-0.4, -0.2) is 23.9 Å². The van der Waals surface area contributed by atoms with Gasteiger partial charge in [0.25, 0.3) is 5.56 Å². The van der Waals surface area contributed by atoms with Gasteiger partial charge in [0.05, 0.1) is 16.6 Å². The van der Waals surface area contributed by atoms with E-state index in [0.29, 0.717) is 35.3 Å². The molecular weight excluding hydrogens is 374 g/mol. The number of H-pyrrole nitrogens is 1. The standard InChI is InChI=1S/C25H21N3O2/c1-14-13-18(27-12-11-26)21-22-20(16-9-5-6-10-17(16)24(21)29)19(25(30)28-23(14)22)15-7-3-2-4-8-15/h2-10,13,27H,11-12,26H2,1H3,(H,28,30). The minimum Gasteiger partial charge on any atom is -0.383 e. The van der Waals surface area contributed by atoms with Crippen molar-refractivity contribution in [3.8, 4) is 22.3 Å². The molecule has 4 aromatic rings. The average molecular weight is 395 g/mol. The van der Waals surface area contributed by atoms with Crippen LogP contribution in [0.15, 0.2) is 65.5 Å². The maximum atomic E-state index is 13.6. The molecule has 5 rings (SSSR count). The molecule has 1 aromatic heterocycles. The first kappa shape index (κ1) is 18.3. The van der Waals surface area contributed by atoms with Gasteiger partial charge in [-0.05, 0) is 29.7 Å². The molecule has 1 heterocycles. The lowest BCUT2D eigenvalue weighted by molar-refractivity contribution is 0.104. The Bertz CT molecular complexity index is 1370. The van der Waals surface area contributed by atoms with Crippen LogP contribution in [0.5, 0.6) is 0 Å². The molecule has 0 amide bonds. The van der Waals surface area contributed by atoms with Crippen molar-refractivity contribution in [3.05, 3.63) is 87.7 Å². The van der Waals surface area contributed by atoms with E-state index in [4.69, 9.17) is 5.73 Å². The van der Waals surface area contributed by atoms with Crippen LogP contribution in [0.2, 0.25) is 0 Å². The van der Waals surface area contributed by atoms with Crippen molar-refractivity contribution in [3.63, 3.8) is 0 Å². The summed E-state index contributed by atoms with van der Waals surface area (Å²) in [5, 5.41) is 4.09. The minimum atomic E-state index is -0.162. The van der Waals surface area contributed by atoms with Crippen molar-refractivity contribution < 1.29 is 4.79 Å². The Balaban J connectivity index is 2.01. The number of carbonyl (C=O) groups excluding carboxylic acids is 1. The molecule has 148 valence electrons. The molecule has 0 fully saturated rings. The normalized spacial score (nSPS) is 12.1. The van der Waals surface area contributed by atoms with E-state index in [1.165, 1.54) is 0 Å². The number of aryl methyl sites for hydroxylation is 1. The van der Waals surface area contributed by atoms with Crippen molar-refractivity contribution in [2.75, 3.05) is 18.4 Å². The van der Waals surface area contributed by atoms with Gasteiger partial charge in [-0.25, -0.2) is 0 Å². The Morgan fingerprint density at radius 3 is 2.33 bits per heavy atom. The number of hydrogen-bond acceptors (Lipinski definition) is 4. The second-order valence-electron chi connectivity index (χ2n) is 7.53. The van der Waals surface area contributed by atoms with Gasteiger partial charge in [0.2, 0.25) is 0 Å². The fourth-order valence-corrected chi connectivity index (χ4v) is 4.41. The maximum absolute atomic E-state index is 13.6. The summed E-state index contributed by atoms with van der Waals surface area (Å²) in [4.78, 5) is 29.9. The summed E-state index contributed by atoms with van der Waals surface area (Å²) in [6.45, 7) is 2.95. The number of aromatic nitrogens is 1. The molecule has 30 heavy (non-hydrogen) atoms. The predicted octanol–water partition coefficient (Wildman–Crippen LogP) is 4.09. The summed E-state index contributed by atoms with van der Waals surface area (Å²) in [7, 11) is 0. The van der Waals surface area contributed by atoms with Crippen LogP contribution >= 0.6 is 0 Å². The highest BCUT2D eigenvalue weighted by atomic mass is 16.1. The fourth-order valence-electron chi connectivity index (χ4n) is 4.41. The zero-order valence-corrected chi connectivity index (χ0v) is 16.6. The molecule has 1 aliphatic rings. The molecular formula is C25H21N3O2. The number of benzene rings is 3. The van der Waals surface area contributed by atoms with Crippen LogP contribution in [0.4, 0.5) is 5.69 Å². The van der Waals surface area contributed by atoms with Gasteiger partial charge < -0.3 is 16.0 Å². The first-order valence-electron chi connectivity index (χ1n) is 9.99. The molecule has 0 radical (unpaired) electrons. The number of fused-ring (bicyclic) bond motifs is 2. The topological polar surface area (TPSA) is 88.0 Å². The molecule has 0 saturated heterocycles. The van der Waals surface area contributed by atoms with Gasteiger partial charge in [-0.15, -0.1) is 0 Å². The minimum absolute atomic E-state index is 0.0475. The lowest BCUT2D eigenvalue weighted by atomic mass is 9.79. The Hall–Kier alpha value is -3.70. The summed E-state index contributed by atoms with van der Waals surface area (Å²) in [6.07, 6.45) is 0. The lowest BCUT2D eigenvalue weighted by Crippen LogP contribution is -2.21. The van der Waals surface area contributed by atoms with Crippen LogP contribution in [0, 0.1) is 6.92 Å². The smallest absolute Gasteiger partial charge is 0.256 e. The Morgan fingerprint density at radius 2 is 1.60 bits per heavy atom. The highest BCUT2D eigenvalue weighted by Crippen LogP contribution is 2.45. The van der Waals surface area contributed by atoms with Crippen LogP contribution in [0.3, 0.4) is 0 Å². The summed E-state index contributed by atoms with van der Waals surface area (Å²) < 4.78 is 0. The number of carbonyl (C=O) groups is 1. The van der Waals surface area contributed by atoms with E-state index >= 15 is 0 Å². The van der Waals surface area contributed by atoms with Gasteiger partial charge >= 0.3 is 0 Å². The van der Waals surface area contributed by atoms with Crippen molar-refractivity contribution in [1.82, 2.24) is 4.98 Å². The molecule has 0 saturated carbocycles. The van der Waals surface area contributed by atoms with E-state index in [0.717, 1.165) is 33.3 Å². The van der Waals surface area contributed by atoms with Crippen LogP contribution in [0.25, 0.3) is 33.2 Å². The second-order valence-corrected chi connectivity index (χ2v) is 7.53.